The Morgan fingerprint density at radius 2 is 1.94 bits per heavy atom. The Kier molecular flexibility index (Phi) is 7.82. The van der Waals surface area contributed by atoms with Crippen LogP contribution in [0, 0.1) is 11.3 Å². The van der Waals surface area contributed by atoms with Crippen LogP contribution in [0.4, 0.5) is 13.2 Å². The fourth-order valence-electron chi connectivity index (χ4n) is 3.27. The van der Waals surface area contributed by atoms with Gasteiger partial charge in [0.25, 0.3) is 0 Å². The maximum absolute atomic E-state index is 12.6. The molecule has 9 nitrogen and oxygen atoms in total. The number of aliphatic carboxylic acids is 2. The van der Waals surface area contributed by atoms with Gasteiger partial charge in [-0.05, 0) is 42.5 Å². The first-order valence-electron chi connectivity index (χ1n) is 9.23. The molecule has 0 aliphatic carbocycles. The molecule has 1 saturated heterocycles. The van der Waals surface area contributed by atoms with Gasteiger partial charge >= 0.3 is 18.1 Å². The van der Waals surface area contributed by atoms with E-state index in [0.29, 0.717) is 25.3 Å². The second-order valence-electron chi connectivity index (χ2n) is 6.87. The number of alkyl halides is 3. The molecule has 0 spiro atoms. The van der Waals surface area contributed by atoms with Crippen molar-refractivity contribution in [3.8, 4) is 11.8 Å². The third kappa shape index (κ3) is 6.58. The van der Waals surface area contributed by atoms with Gasteiger partial charge in [-0.2, -0.15) is 18.4 Å². The topological polar surface area (TPSA) is 140 Å². The normalized spacial score (nSPS) is 20.0. The molecule has 1 unspecified atom stereocenters. The Labute approximate surface area is 175 Å². The van der Waals surface area contributed by atoms with Gasteiger partial charge in [-0.3, -0.25) is 4.79 Å². The molecule has 1 aromatic rings. The van der Waals surface area contributed by atoms with Crippen LogP contribution in [-0.2, 0) is 27.3 Å². The Bertz CT molecular complexity index is 884. The van der Waals surface area contributed by atoms with Crippen LogP contribution in [0.15, 0.2) is 18.2 Å². The van der Waals surface area contributed by atoms with Crippen molar-refractivity contribution in [3.05, 3.63) is 29.3 Å². The van der Waals surface area contributed by atoms with Crippen LogP contribution in [0.5, 0.6) is 5.75 Å². The van der Waals surface area contributed by atoms with E-state index >= 15 is 0 Å². The van der Waals surface area contributed by atoms with Crippen LogP contribution in [0.2, 0.25) is 0 Å². The number of carbonyl (C=O) groups excluding carboxylic acids is 1. The zero-order chi connectivity index (χ0) is 23.2. The molecule has 31 heavy (non-hydrogen) atoms. The van der Waals surface area contributed by atoms with E-state index < -0.39 is 18.1 Å². The molecule has 0 aromatic heterocycles. The van der Waals surface area contributed by atoms with Crippen molar-refractivity contribution in [3.63, 3.8) is 0 Å². The molecule has 3 N–H and O–H groups in total. The number of carboxylic acid groups (broad SMARTS) is 2. The van der Waals surface area contributed by atoms with Crippen molar-refractivity contribution in [1.29, 1.82) is 5.26 Å². The number of amides is 1. The number of carbonyl (C=O) groups is 3. The zero-order valence-corrected chi connectivity index (χ0v) is 16.2. The van der Waals surface area contributed by atoms with Crippen molar-refractivity contribution in [2.24, 2.45) is 0 Å². The standard InChI is InChI=1S/C17H19N3O4.C2HF3O2/c18-8-13-2-1-5-20(13)17(23)15-7-11-3-4-14(24-10-16(21)22)6-12(11)9-19-15;3-2(4,5)1(6)7/h3-4,6,13,15,19H,1-2,5,7,9-10H2,(H,21,22);(H,6,7)/t13?,15-;/m0./s1. The van der Waals surface area contributed by atoms with Crippen LogP contribution < -0.4 is 10.1 Å². The summed E-state index contributed by atoms with van der Waals surface area (Å²) >= 11 is 0. The summed E-state index contributed by atoms with van der Waals surface area (Å²) in [6.45, 7) is 0.781. The van der Waals surface area contributed by atoms with Crippen LogP contribution in [0.3, 0.4) is 0 Å². The molecule has 1 fully saturated rings. The maximum atomic E-state index is 12.6. The van der Waals surface area contributed by atoms with Crippen LogP contribution >= 0.6 is 0 Å². The van der Waals surface area contributed by atoms with Gasteiger partial charge in [-0.15, -0.1) is 0 Å². The van der Waals surface area contributed by atoms with Crippen molar-refractivity contribution >= 4 is 17.8 Å². The van der Waals surface area contributed by atoms with Crippen molar-refractivity contribution in [2.45, 2.75) is 44.1 Å². The predicted molar refractivity (Wildman–Crippen MR) is 97.9 cm³/mol. The molecule has 0 saturated carbocycles. The highest BCUT2D eigenvalue weighted by Crippen LogP contribution is 2.25. The fraction of sp³-hybridized carbons (Fsp3) is 0.474. The Hall–Kier alpha value is -3.33. The van der Waals surface area contributed by atoms with Crippen molar-refractivity contribution in [1.82, 2.24) is 10.2 Å². The van der Waals surface area contributed by atoms with Crippen LogP contribution in [0.25, 0.3) is 0 Å². The third-order valence-corrected chi connectivity index (χ3v) is 4.73. The highest BCUT2D eigenvalue weighted by atomic mass is 19.4. The lowest BCUT2D eigenvalue weighted by Crippen LogP contribution is -2.50. The SMILES string of the molecule is N#CC1CCCN1C(=O)[C@@H]1Cc2ccc(OCC(=O)O)cc2CN1.O=C(O)C(F)(F)F. The van der Waals surface area contributed by atoms with Crippen LogP contribution in [0.1, 0.15) is 24.0 Å². The van der Waals surface area contributed by atoms with Crippen LogP contribution in [-0.4, -0.2) is 64.4 Å². The molecular weight excluding hydrogens is 423 g/mol. The summed E-state index contributed by atoms with van der Waals surface area (Å²) in [5.74, 6) is -3.29. The number of ether oxygens (including phenoxy) is 1. The lowest BCUT2D eigenvalue weighted by atomic mass is 9.94. The number of benzene rings is 1. The molecule has 3 rings (SSSR count). The van der Waals surface area contributed by atoms with E-state index in [1.165, 1.54) is 0 Å². The summed E-state index contributed by atoms with van der Waals surface area (Å²) in [7, 11) is 0. The summed E-state index contributed by atoms with van der Waals surface area (Å²) < 4.78 is 36.9. The Balaban J connectivity index is 0.000000423. The summed E-state index contributed by atoms with van der Waals surface area (Å²) in [5.41, 5.74) is 2.04. The summed E-state index contributed by atoms with van der Waals surface area (Å²) in [4.78, 5) is 33.8. The average molecular weight is 443 g/mol. The Morgan fingerprint density at radius 1 is 1.26 bits per heavy atom. The number of nitrogens with zero attached hydrogens (tertiary/aromatic N) is 2. The first-order chi connectivity index (χ1) is 14.5. The van der Waals surface area contributed by atoms with E-state index in [-0.39, 0.29) is 24.6 Å². The van der Waals surface area contributed by atoms with Gasteiger partial charge in [0.2, 0.25) is 5.91 Å². The number of rotatable bonds is 4. The minimum Gasteiger partial charge on any atom is -0.482 e. The number of fused-ring (bicyclic) bond motifs is 1. The molecule has 2 aliphatic heterocycles. The summed E-state index contributed by atoms with van der Waals surface area (Å²) in [5, 5.41) is 28.1. The number of nitriles is 1. The molecule has 0 radical (unpaired) electrons. The minimum atomic E-state index is -5.08. The second kappa shape index (κ2) is 10.1. The van der Waals surface area contributed by atoms with Gasteiger partial charge in [0, 0.05) is 13.1 Å². The summed E-state index contributed by atoms with van der Waals surface area (Å²) in [6.07, 6.45) is -2.91. The summed E-state index contributed by atoms with van der Waals surface area (Å²) in [6, 6.07) is 6.97. The van der Waals surface area contributed by atoms with Gasteiger partial charge in [-0.1, -0.05) is 6.07 Å². The average Bonchev–Trinajstić information content (AvgIpc) is 3.19. The van der Waals surface area contributed by atoms with E-state index in [9.17, 15) is 22.8 Å². The van der Waals surface area contributed by atoms with E-state index in [0.717, 1.165) is 24.0 Å². The quantitative estimate of drug-likeness (QED) is 0.633. The predicted octanol–water partition coefficient (Wildman–Crippen LogP) is 1.31. The number of carboxylic acids is 2. The maximum Gasteiger partial charge on any atom is 0.490 e. The zero-order valence-electron chi connectivity index (χ0n) is 16.2. The number of hydrogen-bond donors (Lipinski definition) is 3. The lowest BCUT2D eigenvalue weighted by Gasteiger charge is -2.30. The molecule has 0 bridgehead atoms. The molecule has 2 aliphatic rings. The second-order valence-corrected chi connectivity index (χ2v) is 6.87. The fourth-order valence-corrected chi connectivity index (χ4v) is 3.27. The first kappa shape index (κ1) is 23.9. The molecule has 2 heterocycles. The molecule has 2 atom stereocenters. The van der Waals surface area contributed by atoms with Gasteiger partial charge in [0.1, 0.15) is 11.8 Å². The molecule has 1 amide bonds. The Morgan fingerprint density at radius 3 is 2.52 bits per heavy atom. The van der Waals surface area contributed by atoms with Gasteiger partial charge in [0.15, 0.2) is 6.61 Å². The smallest absolute Gasteiger partial charge is 0.482 e. The number of halogens is 3. The molecule has 12 heteroatoms. The highest BCUT2D eigenvalue weighted by Gasteiger charge is 2.38. The van der Waals surface area contributed by atoms with E-state index in [1.54, 1.807) is 17.0 Å². The van der Waals surface area contributed by atoms with E-state index in [4.69, 9.17) is 25.0 Å². The van der Waals surface area contributed by atoms with Gasteiger partial charge < -0.3 is 25.2 Å². The van der Waals surface area contributed by atoms with Gasteiger partial charge in [-0.25, -0.2) is 9.59 Å². The van der Waals surface area contributed by atoms with E-state index in [1.807, 2.05) is 6.07 Å². The van der Waals surface area contributed by atoms with Crippen molar-refractivity contribution in [2.75, 3.05) is 13.2 Å². The van der Waals surface area contributed by atoms with Gasteiger partial charge in [0.05, 0.1) is 12.1 Å². The molecule has 1 aromatic carbocycles. The molecule has 168 valence electrons. The lowest BCUT2D eigenvalue weighted by molar-refractivity contribution is -0.192. The highest BCUT2D eigenvalue weighted by molar-refractivity contribution is 5.83. The largest absolute Gasteiger partial charge is 0.490 e. The minimum absolute atomic E-state index is 0.0177. The molecular formula is C19H20F3N3O6. The monoisotopic (exact) mass is 443 g/mol. The number of nitrogens with one attached hydrogen (secondary N) is 1. The number of hydrogen-bond acceptors (Lipinski definition) is 6. The third-order valence-electron chi connectivity index (χ3n) is 4.73. The van der Waals surface area contributed by atoms with Crippen molar-refractivity contribution < 1.29 is 42.5 Å². The number of likely N-dealkylation sites (tertiary alicyclic amines) is 1. The first-order valence-corrected chi connectivity index (χ1v) is 9.23. The van der Waals surface area contributed by atoms with E-state index in [2.05, 4.69) is 11.4 Å².